The average molecular weight is 362 g/mol. The fourth-order valence-electron chi connectivity index (χ4n) is 2.78. The Hall–Kier alpha value is -3.74. The van der Waals surface area contributed by atoms with Crippen LogP contribution in [0.5, 0.6) is 0 Å². The number of carbonyl (C=O) groups is 1. The van der Waals surface area contributed by atoms with E-state index in [1.165, 1.54) is 0 Å². The van der Waals surface area contributed by atoms with Crippen LogP contribution in [-0.4, -0.2) is 15.9 Å². The van der Waals surface area contributed by atoms with Crippen LogP contribution in [0.3, 0.4) is 0 Å². The lowest BCUT2D eigenvalue weighted by Crippen LogP contribution is -2.18. The van der Waals surface area contributed by atoms with E-state index in [0.29, 0.717) is 21.9 Å². The SMILES string of the molecule is C[C@H](OC(=O)c1cc(=O)c2ccccc2o1)c1nc2ccccc2c(=O)[nH]1. The molecule has 7 heteroatoms. The van der Waals surface area contributed by atoms with E-state index in [0.717, 1.165) is 6.07 Å². The van der Waals surface area contributed by atoms with Crippen molar-refractivity contribution in [1.29, 1.82) is 0 Å². The van der Waals surface area contributed by atoms with E-state index in [1.54, 1.807) is 55.5 Å². The maximum Gasteiger partial charge on any atom is 0.375 e. The highest BCUT2D eigenvalue weighted by Crippen LogP contribution is 2.18. The highest BCUT2D eigenvalue weighted by molar-refractivity contribution is 5.89. The van der Waals surface area contributed by atoms with Gasteiger partial charge in [-0.15, -0.1) is 0 Å². The number of benzene rings is 2. The Morgan fingerprint density at radius 2 is 1.78 bits per heavy atom. The third kappa shape index (κ3) is 3.10. The first-order valence-corrected chi connectivity index (χ1v) is 8.26. The van der Waals surface area contributed by atoms with Crippen LogP contribution >= 0.6 is 0 Å². The topological polar surface area (TPSA) is 102 Å². The summed E-state index contributed by atoms with van der Waals surface area (Å²) in [6, 6.07) is 14.6. The van der Waals surface area contributed by atoms with Crippen LogP contribution < -0.4 is 11.0 Å². The number of H-pyrrole nitrogens is 1. The van der Waals surface area contributed by atoms with E-state index in [9.17, 15) is 14.4 Å². The quantitative estimate of drug-likeness (QED) is 0.562. The molecule has 0 saturated heterocycles. The minimum atomic E-state index is -0.841. The third-order valence-electron chi connectivity index (χ3n) is 4.14. The molecule has 0 radical (unpaired) electrons. The van der Waals surface area contributed by atoms with Crippen LogP contribution in [0.15, 0.2) is 68.6 Å². The van der Waals surface area contributed by atoms with Crippen LogP contribution in [0, 0.1) is 0 Å². The number of carbonyl (C=O) groups excluding carboxylic acids is 1. The number of aromatic nitrogens is 2. The van der Waals surface area contributed by atoms with Crippen molar-refractivity contribution in [3.05, 3.63) is 86.8 Å². The molecule has 0 aliphatic heterocycles. The molecule has 0 amide bonds. The highest BCUT2D eigenvalue weighted by atomic mass is 16.6. The molecule has 2 aromatic carbocycles. The molecule has 0 unspecified atom stereocenters. The smallest absolute Gasteiger partial charge is 0.375 e. The van der Waals surface area contributed by atoms with Crippen molar-refractivity contribution >= 4 is 27.8 Å². The first-order chi connectivity index (χ1) is 13.0. The van der Waals surface area contributed by atoms with Gasteiger partial charge in [-0.3, -0.25) is 9.59 Å². The second-order valence-corrected chi connectivity index (χ2v) is 5.99. The molecule has 4 aromatic rings. The first kappa shape index (κ1) is 16.7. The summed E-state index contributed by atoms with van der Waals surface area (Å²) in [6.07, 6.45) is -0.841. The Balaban J connectivity index is 1.65. The number of para-hydroxylation sites is 2. The number of ether oxygens (including phenoxy) is 1. The molecule has 7 nitrogen and oxygen atoms in total. The minimum Gasteiger partial charge on any atom is -0.449 e. The average Bonchev–Trinajstić information content (AvgIpc) is 2.68. The number of nitrogens with one attached hydrogen (secondary N) is 1. The fourth-order valence-corrected chi connectivity index (χ4v) is 2.78. The van der Waals surface area contributed by atoms with Crippen LogP contribution in [0.4, 0.5) is 0 Å². The summed E-state index contributed by atoms with van der Waals surface area (Å²) in [4.78, 5) is 43.6. The summed E-state index contributed by atoms with van der Waals surface area (Å²) in [5.41, 5.74) is 0.127. The molecule has 1 N–H and O–H groups in total. The molecule has 2 heterocycles. The zero-order chi connectivity index (χ0) is 19.0. The normalized spacial score (nSPS) is 12.2. The van der Waals surface area contributed by atoms with Gasteiger partial charge in [-0.1, -0.05) is 24.3 Å². The molecule has 0 saturated carbocycles. The molecule has 0 bridgehead atoms. The maximum absolute atomic E-state index is 12.4. The van der Waals surface area contributed by atoms with Crippen LogP contribution in [-0.2, 0) is 4.74 Å². The van der Waals surface area contributed by atoms with E-state index < -0.39 is 12.1 Å². The largest absolute Gasteiger partial charge is 0.449 e. The molecule has 134 valence electrons. The molecule has 27 heavy (non-hydrogen) atoms. The van der Waals surface area contributed by atoms with Gasteiger partial charge in [0, 0.05) is 6.07 Å². The predicted molar refractivity (Wildman–Crippen MR) is 98.7 cm³/mol. The van der Waals surface area contributed by atoms with Gasteiger partial charge in [-0.05, 0) is 31.2 Å². The van der Waals surface area contributed by atoms with Gasteiger partial charge in [0.05, 0.1) is 16.3 Å². The Morgan fingerprint density at radius 1 is 1.07 bits per heavy atom. The number of esters is 1. The Labute approximate surface area is 152 Å². The zero-order valence-electron chi connectivity index (χ0n) is 14.3. The molecule has 0 fully saturated rings. The van der Waals surface area contributed by atoms with Gasteiger partial charge < -0.3 is 14.1 Å². The van der Waals surface area contributed by atoms with Gasteiger partial charge in [0.1, 0.15) is 5.58 Å². The number of hydrogen-bond acceptors (Lipinski definition) is 6. The van der Waals surface area contributed by atoms with E-state index in [-0.39, 0.29) is 22.6 Å². The van der Waals surface area contributed by atoms with Crippen LogP contribution in [0.25, 0.3) is 21.9 Å². The summed E-state index contributed by atoms with van der Waals surface area (Å²) in [5.74, 6) is -0.829. The standard InChI is InChI=1S/C20H14N2O5/c1-11(18-21-14-8-4-2-6-12(14)19(24)22-18)26-20(25)17-10-15(23)13-7-3-5-9-16(13)27-17/h2-11H,1H3,(H,21,22,24)/t11-/m0/s1. The van der Waals surface area contributed by atoms with E-state index in [4.69, 9.17) is 9.15 Å². The van der Waals surface area contributed by atoms with Gasteiger partial charge >= 0.3 is 5.97 Å². The molecule has 0 aliphatic rings. The van der Waals surface area contributed by atoms with Gasteiger partial charge in [-0.2, -0.15) is 0 Å². The van der Waals surface area contributed by atoms with Crippen molar-refractivity contribution in [2.75, 3.05) is 0 Å². The van der Waals surface area contributed by atoms with Crippen LogP contribution in [0.1, 0.15) is 29.4 Å². The molecule has 0 spiro atoms. The summed E-state index contributed by atoms with van der Waals surface area (Å²) in [6.45, 7) is 1.57. The van der Waals surface area contributed by atoms with E-state index in [1.807, 2.05) is 0 Å². The summed E-state index contributed by atoms with van der Waals surface area (Å²) in [7, 11) is 0. The summed E-state index contributed by atoms with van der Waals surface area (Å²) >= 11 is 0. The number of hydrogen-bond donors (Lipinski definition) is 1. The number of fused-ring (bicyclic) bond motifs is 2. The van der Waals surface area contributed by atoms with Crippen molar-refractivity contribution in [3.63, 3.8) is 0 Å². The first-order valence-electron chi connectivity index (χ1n) is 8.26. The summed E-state index contributed by atoms with van der Waals surface area (Å²) in [5, 5.41) is 0.822. The lowest BCUT2D eigenvalue weighted by atomic mass is 10.2. The fraction of sp³-hybridized carbons (Fsp3) is 0.100. The number of rotatable bonds is 3. The van der Waals surface area contributed by atoms with Gasteiger partial charge in [0.2, 0.25) is 5.76 Å². The Bertz CT molecular complexity index is 1290. The number of nitrogens with zero attached hydrogens (tertiary/aromatic N) is 1. The highest BCUT2D eigenvalue weighted by Gasteiger charge is 2.20. The van der Waals surface area contributed by atoms with Crippen molar-refractivity contribution in [2.45, 2.75) is 13.0 Å². The van der Waals surface area contributed by atoms with E-state index >= 15 is 0 Å². The van der Waals surface area contributed by atoms with E-state index in [2.05, 4.69) is 9.97 Å². The van der Waals surface area contributed by atoms with Crippen molar-refractivity contribution in [1.82, 2.24) is 9.97 Å². The van der Waals surface area contributed by atoms with Crippen molar-refractivity contribution in [2.24, 2.45) is 0 Å². The molecule has 1 atom stereocenters. The van der Waals surface area contributed by atoms with Gasteiger partial charge in [0.15, 0.2) is 17.4 Å². The molecular weight excluding hydrogens is 348 g/mol. The maximum atomic E-state index is 12.4. The van der Waals surface area contributed by atoms with Crippen LogP contribution in [0.2, 0.25) is 0 Å². The summed E-state index contributed by atoms with van der Waals surface area (Å²) < 4.78 is 10.8. The van der Waals surface area contributed by atoms with Crippen molar-refractivity contribution < 1.29 is 13.9 Å². The molecule has 4 rings (SSSR count). The lowest BCUT2D eigenvalue weighted by molar-refractivity contribution is 0.0284. The Morgan fingerprint density at radius 3 is 2.59 bits per heavy atom. The third-order valence-corrected chi connectivity index (χ3v) is 4.14. The zero-order valence-corrected chi connectivity index (χ0v) is 14.3. The molecule has 0 aliphatic carbocycles. The lowest BCUT2D eigenvalue weighted by Gasteiger charge is -2.12. The monoisotopic (exact) mass is 362 g/mol. The minimum absolute atomic E-state index is 0.204. The Kier molecular flexibility index (Phi) is 4.04. The number of aromatic amines is 1. The van der Waals surface area contributed by atoms with Gasteiger partial charge in [-0.25, -0.2) is 9.78 Å². The second-order valence-electron chi connectivity index (χ2n) is 5.99. The predicted octanol–water partition coefficient (Wildman–Crippen LogP) is 2.95. The van der Waals surface area contributed by atoms with Crippen molar-refractivity contribution in [3.8, 4) is 0 Å². The molecular formula is C20H14N2O5. The van der Waals surface area contributed by atoms with Gasteiger partial charge in [0.25, 0.3) is 5.56 Å². The molecule has 2 aromatic heterocycles. The second kappa shape index (κ2) is 6.53.